The summed E-state index contributed by atoms with van der Waals surface area (Å²) in [5.41, 5.74) is 1.75. The number of rotatable bonds is 5. The van der Waals surface area contributed by atoms with Crippen molar-refractivity contribution in [2.75, 3.05) is 0 Å². The van der Waals surface area contributed by atoms with Crippen molar-refractivity contribution in [3.63, 3.8) is 0 Å². The van der Waals surface area contributed by atoms with Crippen molar-refractivity contribution in [2.45, 2.75) is 46.1 Å². The maximum atomic E-state index is 12.4. The summed E-state index contributed by atoms with van der Waals surface area (Å²) in [7, 11) is 0. The van der Waals surface area contributed by atoms with Crippen LogP contribution in [0, 0.1) is 0 Å². The first kappa shape index (κ1) is 19.6. The molecule has 0 aliphatic heterocycles. The van der Waals surface area contributed by atoms with E-state index in [1.54, 1.807) is 24.3 Å². The van der Waals surface area contributed by atoms with Crippen LogP contribution in [0.5, 0.6) is 17.2 Å². The van der Waals surface area contributed by atoms with Crippen molar-refractivity contribution in [2.24, 2.45) is 0 Å². The number of phenols is 2. The predicted molar refractivity (Wildman–Crippen MR) is 104 cm³/mol. The number of benzene rings is 2. The highest BCUT2D eigenvalue weighted by Crippen LogP contribution is 2.37. The Hall–Kier alpha value is -2.75. The molecular weight excluding hydrogens is 328 g/mol. The third-order valence-electron chi connectivity index (χ3n) is 3.86. The topological polar surface area (TPSA) is 66.8 Å². The lowest BCUT2D eigenvalue weighted by molar-refractivity contribution is 0.104. The number of hydrogen-bond acceptors (Lipinski definition) is 4. The molecule has 0 aromatic heterocycles. The average Bonchev–Trinajstić information content (AvgIpc) is 2.52. The van der Waals surface area contributed by atoms with Gasteiger partial charge in [-0.15, -0.1) is 0 Å². The molecule has 2 aromatic rings. The molecule has 138 valence electrons. The Bertz CT molecular complexity index is 809. The highest BCUT2D eigenvalue weighted by Gasteiger charge is 2.20. The van der Waals surface area contributed by atoms with E-state index in [-0.39, 0.29) is 28.8 Å². The molecule has 0 aliphatic carbocycles. The molecule has 0 bridgehead atoms. The van der Waals surface area contributed by atoms with Crippen LogP contribution < -0.4 is 4.74 Å². The van der Waals surface area contributed by atoms with Crippen LogP contribution in [-0.4, -0.2) is 22.1 Å². The molecule has 4 nitrogen and oxygen atoms in total. The lowest BCUT2D eigenvalue weighted by Crippen LogP contribution is -2.13. The van der Waals surface area contributed by atoms with Gasteiger partial charge in [-0.3, -0.25) is 4.79 Å². The molecule has 0 spiro atoms. The quantitative estimate of drug-likeness (QED) is 0.580. The molecule has 0 aliphatic rings. The molecule has 0 fully saturated rings. The Morgan fingerprint density at radius 2 is 1.69 bits per heavy atom. The molecule has 0 saturated heterocycles. The van der Waals surface area contributed by atoms with Crippen LogP contribution in [0.2, 0.25) is 0 Å². The summed E-state index contributed by atoms with van der Waals surface area (Å²) in [6, 6.07) is 9.56. The molecular formula is C22H26O4. The molecule has 2 aromatic carbocycles. The summed E-state index contributed by atoms with van der Waals surface area (Å²) >= 11 is 0. The van der Waals surface area contributed by atoms with Crippen LogP contribution in [0.4, 0.5) is 0 Å². The van der Waals surface area contributed by atoms with Gasteiger partial charge in [0.2, 0.25) is 0 Å². The lowest BCUT2D eigenvalue weighted by atomic mass is 9.85. The van der Waals surface area contributed by atoms with Gasteiger partial charge >= 0.3 is 0 Å². The van der Waals surface area contributed by atoms with Crippen molar-refractivity contribution < 1.29 is 19.7 Å². The SMILES string of the molecule is CC(C)Oc1cc(O)c(C(C)(C)C)cc1/C=C/C(=O)c1ccc(O)cc1. The molecule has 0 amide bonds. The molecule has 2 N–H and O–H groups in total. The third-order valence-corrected chi connectivity index (χ3v) is 3.86. The molecule has 2 rings (SSSR count). The third kappa shape index (κ3) is 4.88. The Morgan fingerprint density at radius 1 is 1.08 bits per heavy atom. The monoisotopic (exact) mass is 354 g/mol. The second-order valence-corrected chi connectivity index (χ2v) is 7.57. The van der Waals surface area contributed by atoms with Crippen LogP contribution >= 0.6 is 0 Å². The minimum absolute atomic E-state index is 0.0603. The van der Waals surface area contributed by atoms with E-state index in [9.17, 15) is 15.0 Å². The van der Waals surface area contributed by atoms with Crippen molar-refractivity contribution >= 4 is 11.9 Å². The average molecular weight is 354 g/mol. The summed E-state index contributed by atoms with van der Waals surface area (Å²) in [6.07, 6.45) is 3.11. The van der Waals surface area contributed by atoms with Crippen molar-refractivity contribution in [3.8, 4) is 17.2 Å². The summed E-state index contributed by atoms with van der Waals surface area (Å²) < 4.78 is 5.79. The van der Waals surface area contributed by atoms with Crippen molar-refractivity contribution in [1.29, 1.82) is 0 Å². The largest absolute Gasteiger partial charge is 0.508 e. The van der Waals surface area contributed by atoms with Gasteiger partial charge < -0.3 is 14.9 Å². The molecule has 0 heterocycles. The number of ketones is 1. The fourth-order valence-electron chi connectivity index (χ4n) is 2.56. The van der Waals surface area contributed by atoms with Crippen LogP contribution in [0.1, 0.15) is 56.1 Å². The van der Waals surface area contributed by atoms with E-state index in [0.29, 0.717) is 11.3 Å². The highest BCUT2D eigenvalue weighted by molar-refractivity contribution is 6.07. The number of phenolic OH excluding ortho intramolecular Hbond substituents is 2. The Morgan fingerprint density at radius 3 is 2.23 bits per heavy atom. The molecule has 0 radical (unpaired) electrons. The van der Waals surface area contributed by atoms with Gasteiger partial charge in [-0.25, -0.2) is 0 Å². The zero-order valence-corrected chi connectivity index (χ0v) is 15.9. The van der Waals surface area contributed by atoms with E-state index in [1.165, 1.54) is 18.2 Å². The van der Waals surface area contributed by atoms with E-state index in [0.717, 1.165) is 11.1 Å². The first-order chi connectivity index (χ1) is 12.1. The molecule has 4 heteroatoms. The van der Waals surface area contributed by atoms with Crippen LogP contribution in [0.25, 0.3) is 6.08 Å². The zero-order valence-electron chi connectivity index (χ0n) is 15.9. The number of carbonyl (C=O) groups excluding carboxylic acids is 1. The number of allylic oxidation sites excluding steroid dienone is 1. The van der Waals surface area contributed by atoms with Gasteiger partial charge in [-0.2, -0.15) is 0 Å². The minimum atomic E-state index is -0.246. The van der Waals surface area contributed by atoms with Gasteiger partial charge in [-0.05, 0) is 61.7 Å². The molecule has 0 saturated carbocycles. The summed E-state index contributed by atoms with van der Waals surface area (Å²) in [5.74, 6) is 0.646. The van der Waals surface area contributed by atoms with E-state index in [2.05, 4.69) is 0 Å². The lowest BCUT2D eigenvalue weighted by Gasteiger charge is -2.23. The molecule has 0 atom stereocenters. The van der Waals surface area contributed by atoms with Gasteiger partial charge in [0.05, 0.1) is 6.10 Å². The second-order valence-electron chi connectivity index (χ2n) is 7.57. The number of aromatic hydroxyl groups is 2. The summed E-state index contributed by atoms with van der Waals surface area (Å²) in [4.78, 5) is 12.4. The van der Waals surface area contributed by atoms with Crippen LogP contribution in [0.3, 0.4) is 0 Å². The van der Waals surface area contributed by atoms with Gasteiger partial charge in [0.1, 0.15) is 17.2 Å². The predicted octanol–water partition coefficient (Wildman–Crippen LogP) is 5.08. The number of hydrogen-bond donors (Lipinski definition) is 2. The molecule has 0 unspecified atom stereocenters. The minimum Gasteiger partial charge on any atom is -0.508 e. The van der Waals surface area contributed by atoms with Gasteiger partial charge in [0.15, 0.2) is 5.78 Å². The van der Waals surface area contributed by atoms with Crippen molar-refractivity contribution in [1.82, 2.24) is 0 Å². The smallest absolute Gasteiger partial charge is 0.185 e. The second kappa shape index (κ2) is 7.65. The van der Waals surface area contributed by atoms with Gasteiger partial charge in [0.25, 0.3) is 0 Å². The summed E-state index contributed by atoms with van der Waals surface area (Å²) in [5, 5.41) is 19.7. The van der Waals surface area contributed by atoms with E-state index >= 15 is 0 Å². The zero-order chi connectivity index (χ0) is 19.5. The molecule has 26 heavy (non-hydrogen) atoms. The normalized spacial score (nSPS) is 11.9. The van der Waals surface area contributed by atoms with E-state index in [4.69, 9.17) is 4.74 Å². The van der Waals surface area contributed by atoms with Crippen LogP contribution in [0.15, 0.2) is 42.5 Å². The highest BCUT2D eigenvalue weighted by atomic mass is 16.5. The Labute approximate surface area is 154 Å². The first-order valence-corrected chi connectivity index (χ1v) is 8.63. The fourth-order valence-corrected chi connectivity index (χ4v) is 2.56. The first-order valence-electron chi connectivity index (χ1n) is 8.63. The van der Waals surface area contributed by atoms with Gasteiger partial charge in [-0.1, -0.05) is 20.8 Å². The maximum Gasteiger partial charge on any atom is 0.185 e. The van der Waals surface area contributed by atoms with E-state index < -0.39 is 0 Å². The Balaban J connectivity index is 2.41. The number of carbonyl (C=O) groups is 1. The number of ether oxygens (including phenoxy) is 1. The summed E-state index contributed by atoms with van der Waals surface area (Å²) in [6.45, 7) is 9.86. The van der Waals surface area contributed by atoms with Crippen LogP contribution in [-0.2, 0) is 5.41 Å². The standard InChI is InChI=1S/C22H26O4/c1-14(2)26-21-13-20(25)18(22(3,4)5)12-16(21)8-11-19(24)15-6-9-17(23)10-7-15/h6-14,23,25H,1-5H3/b11-8+. The fraction of sp³-hybridized carbons (Fsp3) is 0.318. The Kier molecular flexibility index (Phi) is 5.76. The van der Waals surface area contributed by atoms with E-state index in [1.807, 2.05) is 40.7 Å². The van der Waals surface area contributed by atoms with Crippen molar-refractivity contribution in [3.05, 3.63) is 59.2 Å². The van der Waals surface area contributed by atoms with Gasteiger partial charge in [0, 0.05) is 22.8 Å². The maximum absolute atomic E-state index is 12.4.